The lowest BCUT2D eigenvalue weighted by atomic mass is 10.0. The van der Waals surface area contributed by atoms with Crippen molar-refractivity contribution in [2.24, 2.45) is 0 Å². The summed E-state index contributed by atoms with van der Waals surface area (Å²) in [5, 5.41) is 9.96. The minimum absolute atomic E-state index is 0.120. The van der Waals surface area contributed by atoms with Crippen molar-refractivity contribution < 1.29 is 4.79 Å². The van der Waals surface area contributed by atoms with Crippen molar-refractivity contribution in [2.45, 2.75) is 19.8 Å². The summed E-state index contributed by atoms with van der Waals surface area (Å²) in [6.07, 6.45) is 1.62. The van der Waals surface area contributed by atoms with E-state index in [0.29, 0.717) is 5.56 Å². The molecule has 0 saturated heterocycles. The number of nitrogens with zero attached hydrogens (tertiary/aromatic N) is 3. The molecule has 0 fully saturated rings. The Morgan fingerprint density at radius 3 is 2.85 bits per heavy atom. The highest BCUT2D eigenvalue weighted by molar-refractivity contribution is 5.81. The second kappa shape index (κ2) is 4.93. The fraction of sp³-hybridized carbons (Fsp3) is 0.312. The molecule has 0 unspecified atom stereocenters. The Morgan fingerprint density at radius 1 is 1.30 bits per heavy atom. The van der Waals surface area contributed by atoms with Crippen LogP contribution in [0.4, 0.5) is 0 Å². The first-order valence-corrected chi connectivity index (χ1v) is 6.75. The highest BCUT2D eigenvalue weighted by Crippen LogP contribution is 2.21. The molecule has 0 bridgehead atoms. The van der Waals surface area contributed by atoms with Crippen LogP contribution >= 0.6 is 0 Å². The molecule has 3 rings (SSSR count). The van der Waals surface area contributed by atoms with Crippen LogP contribution in [0.5, 0.6) is 0 Å². The van der Waals surface area contributed by atoms with Crippen molar-refractivity contribution in [1.82, 2.24) is 9.88 Å². The number of amides is 1. The molecule has 1 aliphatic rings. The average molecular weight is 265 g/mol. The van der Waals surface area contributed by atoms with Crippen LogP contribution in [-0.2, 0) is 17.6 Å². The Morgan fingerprint density at radius 2 is 2.10 bits per heavy atom. The van der Waals surface area contributed by atoms with Gasteiger partial charge in [-0.3, -0.25) is 9.78 Å². The predicted molar refractivity (Wildman–Crippen MR) is 76.1 cm³/mol. The van der Waals surface area contributed by atoms with Crippen molar-refractivity contribution in [3.63, 3.8) is 0 Å². The van der Waals surface area contributed by atoms with Crippen LogP contribution in [0.2, 0.25) is 0 Å². The van der Waals surface area contributed by atoms with Crippen LogP contribution < -0.4 is 0 Å². The maximum atomic E-state index is 11.5. The van der Waals surface area contributed by atoms with E-state index in [9.17, 15) is 4.79 Å². The topological polar surface area (TPSA) is 57.0 Å². The number of aromatic nitrogens is 1. The summed E-state index contributed by atoms with van der Waals surface area (Å²) < 4.78 is 0. The van der Waals surface area contributed by atoms with Crippen molar-refractivity contribution in [3.05, 3.63) is 41.1 Å². The maximum Gasteiger partial charge on any atom is 0.219 e. The van der Waals surface area contributed by atoms with Crippen LogP contribution in [0.1, 0.15) is 23.7 Å². The van der Waals surface area contributed by atoms with Gasteiger partial charge >= 0.3 is 0 Å². The Hall–Kier alpha value is -2.41. The quantitative estimate of drug-likeness (QED) is 0.732. The zero-order valence-corrected chi connectivity index (χ0v) is 11.4. The second-order valence-corrected chi connectivity index (χ2v) is 5.12. The van der Waals surface area contributed by atoms with Gasteiger partial charge in [0.25, 0.3) is 0 Å². The Balaban J connectivity index is 2.03. The molecule has 1 aliphatic heterocycles. The standard InChI is InChI=1S/C16H15N3O/c1-11(20)19-6-4-13-9-14-8-12(10-17)2-3-15(14)18-16(13)5-7-19/h2-3,8-9H,4-7H2,1H3. The summed E-state index contributed by atoms with van der Waals surface area (Å²) in [6.45, 7) is 3.09. The third-order valence-corrected chi connectivity index (χ3v) is 3.83. The smallest absolute Gasteiger partial charge is 0.219 e. The van der Waals surface area contributed by atoms with Crippen molar-refractivity contribution >= 4 is 16.8 Å². The molecular weight excluding hydrogens is 250 g/mol. The van der Waals surface area contributed by atoms with Gasteiger partial charge in [-0.05, 0) is 36.2 Å². The molecule has 0 N–H and O–H groups in total. The summed E-state index contributed by atoms with van der Waals surface area (Å²) in [5.41, 5.74) is 3.83. The van der Waals surface area contributed by atoms with Gasteiger partial charge in [0.1, 0.15) is 0 Å². The van der Waals surface area contributed by atoms with E-state index in [1.165, 1.54) is 5.56 Å². The van der Waals surface area contributed by atoms with Gasteiger partial charge in [0, 0.05) is 37.5 Å². The van der Waals surface area contributed by atoms with E-state index in [4.69, 9.17) is 10.2 Å². The van der Waals surface area contributed by atoms with Gasteiger partial charge in [-0.1, -0.05) is 0 Å². The minimum atomic E-state index is 0.120. The lowest BCUT2D eigenvalue weighted by Crippen LogP contribution is -2.30. The van der Waals surface area contributed by atoms with Crippen LogP contribution in [-0.4, -0.2) is 28.9 Å². The van der Waals surface area contributed by atoms with Crippen LogP contribution in [0.15, 0.2) is 24.3 Å². The van der Waals surface area contributed by atoms with E-state index in [2.05, 4.69) is 12.1 Å². The normalized spacial score (nSPS) is 14.5. The van der Waals surface area contributed by atoms with Gasteiger partial charge in [0.15, 0.2) is 0 Å². The Kier molecular flexibility index (Phi) is 3.11. The minimum Gasteiger partial charge on any atom is -0.342 e. The van der Waals surface area contributed by atoms with Crippen molar-refractivity contribution in [1.29, 1.82) is 5.26 Å². The van der Waals surface area contributed by atoms with Gasteiger partial charge in [0.2, 0.25) is 5.91 Å². The SMILES string of the molecule is CC(=O)N1CCc2cc3cc(C#N)ccc3nc2CC1. The molecule has 20 heavy (non-hydrogen) atoms. The highest BCUT2D eigenvalue weighted by atomic mass is 16.2. The molecule has 4 nitrogen and oxygen atoms in total. The van der Waals surface area contributed by atoms with E-state index in [1.54, 1.807) is 13.0 Å². The Labute approximate surface area is 117 Å². The molecule has 2 heterocycles. The van der Waals surface area contributed by atoms with E-state index >= 15 is 0 Å². The zero-order valence-electron chi connectivity index (χ0n) is 11.4. The largest absolute Gasteiger partial charge is 0.342 e. The van der Waals surface area contributed by atoms with Crippen LogP contribution in [0, 0.1) is 11.3 Å². The van der Waals surface area contributed by atoms with Gasteiger partial charge in [-0.25, -0.2) is 0 Å². The molecule has 0 aliphatic carbocycles. The molecule has 100 valence electrons. The fourth-order valence-corrected chi connectivity index (χ4v) is 2.69. The number of carbonyl (C=O) groups is 1. The highest BCUT2D eigenvalue weighted by Gasteiger charge is 2.17. The first-order chi connectivity index (χ1) is 9.67. The molecular formula is C16H15N3O. The van der Waals surface area contributed by atoms with E-state index < -0.39 is 0 Å². The third-order valence-electron chi connectivity index (χ3n) is 3.83. The van der Waals surface area contributed by atoms with Gasteiger partial charge < -0.3 is 4.90 Å². The van der Waals surface area contributed by atoms with Gasteiger partial charge in [-0.15, -0.1) is 0 Å². The summed E-state index contributed by atoms with van der Waals surface area (Å²) in [4.78, 5) is 18.1. The second-order valence-electron chi connectivity index (χ2n) is 5.12. The van der Waals surface area contributed by atoms with E-state index in [-0.39, 0.29) is 5.91 Å². The summed E-state index contributed by atoms with van der Waals surface area (Å²) in [6, 6.07) is 9.82. The number of fused-ring (bicyclic) bond motifs is 2. The zero-order chi connectivity index (χ0) is 14.1. The number of pyridine rings is 1. The lowest BCUT2D eigenvalue weighted by Gasteiger charge is -2.17. The van der Waals surface area contributed by atoms with Crippen LogP contribution in [0.25, 0.3) is 10.9 Å². The van der Waals surface area contributed by atoms with Gasteiger partial charge in [0.05, 0.1) is 17.1 Å². The Bertz CT molecular complexity index is 730. The number of rotatable bonds is 0. The molecule has 0 spiro atoms. The molecule has 1 aromatic heterocycles. The number of carbonyl (C=O) groups excluding carboxylic acids is 1. The molecule has 0 saturated carbocycles. The molecule has 0 radical (unpaired) electrons. The first-order valence-electron chi connectivity index (χ1n) is 6.75. The first kappa shape index (κ1) is 12.6. The van der Waals surface area contributed by atoms with Gasteiger partial charge in [-0.2, -0.15) is 5.26 Å². The van der Waals surface area contributed by atoms with Crippen LogP contribution in [0.3, 0.4) is 0 Å². The third kappa shape index (κ3) is 2.23. The summed E-state index contributed by atoms with van der Waals surface area (Å²) >= 11 is 0. The monoisotopic (exact) mass is 265 g/mol. The maximum absolute atomic E-state index is 11.5. The molecule has 2 aromatic rings. The average Bonchev–Trinajstić information content (AvgIpc) is 2.66. The summed E-state index contributed by atoms with van der Waals surface area (Å²) in [7, 11) is 0. The van der Waals surface area contributed by atoms with Crippen molar-refractivity contribution in [3.8, 4) is 6.07 Å². The molecule has 1 aromatic carbocycles. The molecule has 0 atom stereocenters. The number of benzene rings is 1. The fourth-order valence-electron chi connectivity index (χ4n) is 2.69. The number of hydrogen-bond acceptors (Lipinski definition) is 3. The molecule has 1 amide bonds. The van der Waals surface area contributed by atoms with Crippen molar-refractivity contribution in [2.75, 3.05) is 13.1 Å². The van der Waals surface area contributed by atoms with E-state index in [1.807, 2.05) is 17.0 Å². The summed E-state index contributed by atoms with van der Waals surface area (Å²) in [5.74, 6) is 0.120. The van der Waals surface area contributed by atoms with E-state index in [0.717, 1.165) is 42.5 Å². The number of nitriles is 1. The molecule has 4 heteroatoms. The lowest BCUT2D eigenvalue weighted by molar-refractivity contribution is -0.128. The predicted octanol–water partition coefficient (Wildman–Crippen LogP) is 2.05. The number of hydrogen-bond donors (Lipinski definition) is 0.